The highest BCUT2D eigenvalue weighted by Crippen LogP contribution is 1.92. The van der Waals surface area contributed by atoms with Crippen LogP contribution in [0.25, 0.3) is 0 Å². The Kier molecular flexibility index (Phi) is 3.76. The molecule has 0 aliphatic heterocycles. The van der Waals surface area contributed by atoms with Crippen LogP contribution in [0.3, 0.4) is 0 Å². The number of nitrogens with zero attached hydrogens (tertiary/aromatic N) is 1. The Balaban J connectivity index is 0.000000132. The first-order valence-corrected chi connectivity index (χ1v) is 4.26. The van der Waals surface area contributed by atoms with Gasteiger partial charge in [0.05, 0.1) is 0 Å². The highest BCUT2D eigenvalue weighted by atomic mass is 14.9. The van der Waals surface area contributed by atoms with Crippen LogP contribution < -0.4 is 0 Å². The van der Waals surface area contributed by atoms with E-state index in [0.717, 1.165) is 5.82 Å². The second-order valence-corrected chi connectivity index (χ2v) is 2.83. The van der Waals surface area contributed by atoms with Crippen molar-refractivity contribution in [3.63, 3.8) is 0 Å². The maximum atomic E-state index is 3.86. The van der Waals surface area contributed by atoms with Gasteiger partial charge in [0.1, 0.15) is 5.82 Å². The van der Waals surface area contributed by atoms with Gasteiger partial charge in [0.2, 0.25) is 0 Å². The lowest BCUT2D eigenvalue weighted by atomic mass is 10.2. The van der Waals surface area contributed by atoms with Crippen molar-refractivity contribution < 1.29 is 0 Å². The standard InChI is InChI=1S/C7H8.C4H6N2/c1-7-5-3-2-4-6-7;1-4-5-2-3-6-4/h2-6H,1H3;2-3H,1H3,(H,5,6). The van der Waals surface area contributed by atoms with E-state index in [4.69, 9.17) is 0 Å². The van der Waals surface area contributed by atoms with Crippen LogP contribution in [0, 0.1) is 13.8 Å². The summed E-state index contributed by atoms with van der Waals surface area (Å²) in [6, 6.07) is 10.3. The lowest BCUT2D eigenvalue weighted by Gasteiger charge is -1.82. The zero-order chi connectivity index (χ0) is 9.52. The van der Waals surface area contributed by atoms with E-state index < -0.39 is 0 Å². The van der Waals surface area contributed by atoms with E-state index in [2.05, 4.69) is 29.0 Å². The smallest absolute Gasteiger partial charge is 0.102 e. The molecule has 0 saturated carbocycles. The minimum Gasteiger partial charge on any atom is -0.349 e. The zero-order valence-electron chi connectivity index (χ0n) is 7.99. The van der Waals surface area contributed by atoms with Crippen molar-refractivity contribution in [3.8, 4) is 0 Å². The molecule has 0 spiro atoms. The Morgan fingerprint density at radius 2 is 1.77 bits per heavy atom. The van der Waals surface area contributed by atoms with Gasteiger partial charge >= 0.3 is 0 Å². The lowest BCUT2D eigenvalue weighted by molar-refractivity contribution is 1.15. The summed E-state index contributed by atoms with van der Waals surface area (Å²) >= 11 is 0. The number of aryl methyl sites for hydroxylation is 2. The molecule has 1 aromatic carbocycles. The zero-order valence-corrected chi connectivity index (χ0v) is 7.99. The first-order chi connectivity index (χ1) is 6.29. The fraction of sp³-hybridized carbons (Fsp3) is 0.182. The van der Waals surface area contributed by atoms with Gasteiger partial charge in [0.15, 0.2) is 0 Å². The van der Waals surface area contributed by atoms with Crippen LogP contribution in [-0.4, -0.2) is 9.97 Å². The van der Waals surface area contributed by atoms with E-state index in [1.807, 2.05) is 25.1 Å². The Morgan fingerprint density at radius 3 is 2.00 bits per heavy atom. The summed E-state index contributed by atoms with van der Waals surface area (Å²) in [5.74, 6) is 0.968. The number of aromatic amines is 1. The molecule has 2 rings (SSSR count). The molecular weight excluding hydrogens is 160 g/mol. The summed E-state index contributed by atoms with van der Waals surface area (Å²) in [7, 11) is 0. The van der Waals surface area contributed by atoms with Gasteiger partial charge < -0.3 is 4.98 Å². The minimum absolute atomic E-state index is 0.968. The van der Waals surface area contributed by atoms with Gasteiger partial charge in [-0.3, -0.25) is 0 Å². The van der Waals surface area contributed by atoms with Gasteiger partial charge in [-0.05, 0) is 13.8 Å². The van der Waals surface area contributed by atoms with Crippen molar-refractivity contribution in [1.82, 2.24) is 9.97 Å². The Labute approximate surface area is 78.7 Å². The van der Waals surface area contributed by atoms with Crippen LogP contribution in [0.15, 0.2) is 42.7 Å². The van der Waals surface area contributed by atoms with Crippen molar-refractivity contribution in [2.45, 2.75) is 13.8 Å². The average molecular weight is 174 g/mol. The van der Waals surface area contributed by atoms with E-state index in [1.165, 1.54) is 5.56 Å². The average Bonchev–Trinajstić information content (AvgIpc) is 2.58. The third kappa shape index (κ3) is 4.11. The molecular formula is C11H14N2. The van der Waals surface area contributed by atoms with Gasteiger partial charge in [-0.1, -0.05) is 35.9 Å². The fourth-order valence-electron chi connectivity index (χ4n) is 0.879. The second-order valence-electron chi connectivity index (χ2n) is 2.83. The van der Waals surface area contributed by atoms with Crippen molar-refractivity contribution in [2.75, 3.05) is 0 Å². The quantitative estimate of drug-likeness (QED) is 0.653. The van der Waals surface area contributed by atoms with Crippen molar-refractivity contribution in [1.29, 1.82) is 0 Å². The molecule has 0 radical (unpaired) electrons. The molecule has 0 amide bonds. The van der Waals surface area contributed by atoms with E-state index in [9.17, 15) is 0 Å². The molecule has 2 nitrogen and oxygen atoms in total. The summed E-state index contributed by atoms with van der Waals surface area (Å²) in [6.07, 6.45) is 3.53. The predicted octanol–water partition coefficient (Wildman–Crippen LogP) is 2.71. The molecule has 13 heavy (non-hydrogen) atoms. The first kappa shape index (κ1) is 9.52. The van der Waals surface area contributed by atoms with E-state index >= 15 is 0 Å². The molecule has 1 heterocycles. The topological polar surface area (TPSA) is 28.7 Å². The van der Waals surface area contributed by atoms with Crippen molar-refractivity contribution in [3.05, 3.63) is 54.1 Å². The van der Waals surface area contributed by atoms with Crippen LogP contribution in [-0.2, 0) is 0 Å². The summed E-state index contributed by atoms with van der Waals surface area (Å²) in [5, 5.41) is 0. The highest BCUT2D eigenvalue weighted by molar-refractivity contribution is 5.11. The Bertz CT molecular complexity index is 311. The number of aromatic nitrogens is 2. The number of hydrogen-bond acceptors (Lipinski definition) is 1. The number of benzene rings is 1. The van der Waals surface area contributed by atoms with Gasteiger partial charge in [-0.15, -0.1) is 0 Å². The third-order valence-electron chi connectivity index (χ3n) is 1.58. The van der Waals surface area contributed by atoms with Crippen LogP contribution in [0.1, 0.15) is 11.4 Å². The summed E-state index contributed by atoms with van der Waals surface area (Å²) in [6.45, 7) is 4.00. The van der Waals surface area contributed by atoms with E-state index in [1.54, 1.807) is 12.4 Å². The SMILES string of the molecule is Cc1ccccc1.Cc1ncc[nH]1. The molecule has 0 bridgehead atoms. The normalized spacial score (nSPS) is 8.77. The minimum atomic E-state index is 0.968. The van der Waals surface area contributed by atoms with Gasteiger partial charge in [-0.25, -0.2) is 4.98 Å². The largest absolute Gasteiger partial charge is 0.349 e. The summed E-state index contributed by atoms with van der Waals surface area (Å²) < 4.78 is 0. The summed E-state index contributed by atoms with van der Waals surface area (Å²) in [5.41, 5.74) is 1.32. The fourth-order valence-corrected chi connectivity index (χ4v) is 0.879. The predicted molar refractivity (Wildman–Crippen MR) is 54.5 cm³/mol. The van der Waals surface area contributed by atoms with E-state index in [0.29, 0.717) is 0 Å². The number of rotatable bonds is 0. The van der Waals surface area contributed by atoms with Gasteiger partial charge in [-0.2, -0.15) is 0 Å². The summed E-state index contributed by atoms with van der Waals surface area (Å²) in [4.78, 5) is 6.75. The number of imidazole rings is 1. The third-order valence-corrected chi connectivity index (χ3v) is 1.58. The van der Waals surface area contributed by atoms with Gasteiger partial charge in [0, 0.05) is 12.4 Å². The molecule has 68 valence electrons. The molecule has 1 aromatic heterocycles. The molecule has 0 fully saturated rings. The maximum absolute atomic E-state index is 3.86. The Morgan fingerprint density at radius 1 is 1.08 bits per heavy atom. The molecule has 2 heteroatoms. The first-order valence-electron chi connectivity index (χ1n) is 4.26. The Hall–Kier alpha value is -1.57. The molecule has 0 saturated heterocycles. The highest BCUT2D eigenvalue weighted by Gasteiger charge is 1.73. The molecule has 0 aliphatic rings. The van der Waals surface area contributed by atoms with Crippen LogP contribution in [0.4, 0.5) is 0 Å². The van der Waals surface area contributed by atoms with Crippen LogP contribution in [0.2, 0.25) is 0 Å². The van der Waals surface area contributed by atoms with Gasteiger partial charge in [0.25, 0.3) is 0 Å². The van der Waals surface area contributed by atoms with Crippen LogP contribution >= 0.6 is 0 Å². The van der Waals surface area contributed by atoms with Crippen LogP contribution in [0.5, 0.6) is 0 Å². The molecule has 1 N–H and O–H groups in total. The molecule has 2 aromatic rings. The molecule has 0 atom stereocenters. The molecule has 0 aliphatic carbocycles. The van der Waals surface area contributed by atoms with E-state index in [-0.39, 0.29) is 0 Å². The maximum Gasteiger partial charge on any atom is 0.102 e. The number of nitrogens with one attached hydrogen (secondary N) is 1. The molecule has 0 unspecified atom stereocenters. The number of hydrogen-bond donors (Lipinski definition) is 1. The van der Waals surface area contributed by atoms with Crippen molar-refractivity contribution in [2.24, 2.45) is 0 Å². The second kappa shape index (κ2) is 5.14. The number of H-pyrrole nitrogens is 1. The monoisotopic (exact) mass is 174 g/mol. The van der Waals surface area contributed by atoms with Crippen molar-refractivity contribution >= 4 is 0 Å². The lowest BCUT2D eigenvalue weighted by Crippen LogP contribution is -1.66.